The molecule has 0 saturated heterocycles. The maximum absolute atomic E-state index is 3.63. The normalized spacial score (nSPS) is 15.0. The van der Waals surface area contributed by atoms with Crippen molar-refractivity contribution in [3.05, 3.63) is 21.9 Å². The molecule has 0 radical (unpaired) electrons. The number of hydrogen-bond acceptors (Lipinski definition) is 2. The molecule has 0 amide bonds. The van der Waals surface area contributed by atoms with Crippen LogP contribution in [0.2, 0.25) is 0 Å². The predicted molar refractivity (Wildman–Crippen MR) is 74.2 cm³/mol. The minimum absolute atomic E-state index is 0.551. The lowest BCUT2D eigenvalue weighted by atomic mass is 9.95. The van der Waals surface area contributed by atoms with E-state index in [-0.39, 0.29) is 0 Å². The summed E-state index contributed by atoms with van der Waals surface area (Å²) >= 11 is 1.97. The molecule has 92 valence electrons. The lowest BCUT2D eigenvalue weighted by Crippen LogP contribution is -2.26. The van der Waals surface area contributed by atoms with Crippen molar-refractivity contribution < 1.29 is 0 Å². The molecule has 0 saturated carbocycles. The second-order valence-electron chi connectivity index (χ2n) is 4.46. The molecule has 1 heterocycles. The Hall–Kier alpha value is -0.340. The first-order valence-corrected chi connectivity index (χ1v) is 7.36. The van der Waals surface area contributed by atoms with Gasteiger partial charge in [0.25, 0.3) is 0 Å². The van der Waals surface area contributed by atoms with Crippen LogP contribution >= 0.6 is 11.3 Å². The van der Waals surface area contributed by atoms with E-state index in [2.05, 4.69) is 45.1 Å². The van der Waals surface area contributed by atoms with Gasteiger partial charge in [-0.1, -0.05) is 34.1 Å². The molecule has 16 heavy (non-hydrogen) atoms. The average molecular weight is 239 g/mol. The maximum atomic E-state index is 3.63. The van der Waals surface area contributed by atoms with Crippen LogP contribution in [0.4, 0.5) is 0 Å². The Morgan fingerprint density at radius 3 is 2.50 bits per heavy atom. The molecule has 1 aromatic rings. The van der Waals surface area contributed by atoms with Gasteiger partial charge in [0, 0.05) is 15.8 Å². The fraction of sp³-hybridized carbons (Fsp3) is 0.714. The predicted octanol–water partition coefficient (Wildman–Crippen LogP) is 4.40. The molecule has 1 aromatic heterocycles. The average Bonchev–Trinajstić information content (AvgIpc) is 2.74. The molecule has 2 heteroatoms. The first-order valence-electron chi connectivity index (χ1n) is 6.54. The Bertz CT molecular complexity index is 293. The summed E-state index contributed by atoms with van der Waals surface area (Å²) in [7, 11) is 0. The minimum atomic E-state index is 0.551. The number of nitrogens with one attached hydrogen (secondary N) is 1. The van der Waals surface area contributed by atoms with Gasteiger partial charge in [-0.2, -0.15) is 0 Å². The van der Waals surface area contributed by atoms with Gasteiger partial charge in [0.1, 0.15) is 0 Å². The summed E-state index contributed by atoms with van der Waals surface area (Å²) < 4.78 is 0. The van der Waals surface area contributed by atoms with Crippen LogP contribution in [-0.2, 0) is 6.42 Å². The van der Waals surface area contributed by atoms with E-state index in [1.807, 2.05) is 11.3 Å². The van der Waals surface area contributed by atoms with Gasteiger partial charge in [0.15, 0.2) is 0 Å². The second kappa shape index (κ2) is 7.08. The summed E-state index contributed by atoms with van der Waals surface area (Å²) in [4.78, 5) is 3.02. The lowest BCUT2D eigenvalue weighted by Gasteiger charge is -2.23. The number of aryl methyl sites for hydroxylation is 1. The van der Waals surface area contributed by atoms with Crippen LogP contribution in [0.15, 0.2) is 12.1 Å². The summed E-state index contributed by atoms with van der Waals surface area (Å²) in [5.41, 5.74) is 0. The van der Waals surface area contributed by atoms with Crippen molar-refractivity contribution in [3.63, 3.8) is 0 Å². The lowest BCUT2D eigenvalue weighted by molar-refractivity contribution is 0.374. The zero-order chi connectivity index (χ0) is 12.0. The van der Waals surface area contributed by atoms with Gasteiger partial charge in [-0.05, 0) is 37.4 Å². The molecule has 0 aromatic carbocycles. The van der Waals surface area contributed by atoms with Crippen molar-refractivity contribution >= 4 is 11.3 Å². The molecule has 1 N–H and O–H groups in total. The topological polar surface area (TPSA) is 12.0 Å². The van der Waals surface area contributed by atoms with E-state index in [0.717, 1.165) is 18.9 Å². The van der Waals surface area contributed by atoms with Gasteiger partial charge in [-0.15, -0.1) is 11.3 Å². The van der Waals surface area contributed by atoms with Gasteiger partial charge in [-0.3, -0.25) is 0 Å². The highest BCUT2D eigenvalue weighted by Crippen LogP contribution is 2.31. The molecule has 2 atom stereocenters. The van der Waals surface area contributed by atoms with Crippen LogP contribution < -0.4 is 5.32 Å². The zero-order valence-electron chi connectivity index (χ0n) is 11.0. The standard InChI is InChI=1S/C14H25NS/c1-5-8-11(4)14(15-7-3)13-10-9-12(6-2)16-13/h9-11,14-15H,5-8H2,1-4H3. The fourth-order valence-corrected chi connectivity index (χ4v) is 3.34. The van der Waals surface area contributed by atoms with Gasteiger partial charge in [0.2, 0.25) is 0 Å². The van der Waals surface area contributed by atoms with E-state index < -0.39 is 0 Å². The molecule has 2 unspecified atom stereocenters. The molecule has 0 aliphatic rings. The molecule has 0 aliphatic carbocycles. The van der Waals surface area contributed by atoms with E-state index in [9.17, 15) is 0 Å². The van der Waals surface area contributed by atoms with Crippen molar-refractivity contribution in [3.8, 4) is 0 Å². The second-order valence-corrected chi connectivity index (χ2v) is 5.66. The summed E-state index contributed by atoms with van der Waals surface area (Å²) in [6, 6.07) is 5.14. The van der Waals surface area contributed by atoms with E-state index in [1.165, 1.54) is 22.6 Å². The highest BCUT2D eigenvalue weighted by atomic mass is 32.1. The highest BCUT2D eigenvalue weighted by molar-refractivity contribution is 7.12. The van der Waals surface area contributed by atoms with Gasteiger partial charge in [0.05, 0.1) is 0 Å². The minimum Gasteiger partial charge on any atom is -0.309 e. The van der Waals surface area contributed by atoms with Crippen molar-refractivity contribution in [2.75, 3.05) is 6.54 Å². The van der Waals surface area contributed by atoms with Crippen LogP contribution in [0.3, 0.4) is 0 Å². The quantitative estimate of drug-likeness (QED) is 0.744. The summed E-state index contributed by atoms with van der Waals surface area (Å²) in [5.74, 6) is 0.730. The molecule has 0 fully saturated rings. The summed E-state index contributed by atoms with van der Waals surface area (Å²) in [5, 5.41) is 3.63. The van der Waals surface area contributed by atoms with Gasteiger partial charge < -0.3 is 5.32 Å². The Labute approximate surface area is 104 Å². The van der Waals surface area contributed by atoms with Crippen molar-refractivity contribution in [1.29, 1.82) is 0 Å². The molecule has 1 rings (SSSR count). The Balaban J connectivity index is 2.75. The first kappa shape index (κ1) is 13.7. The van der Waals surface area contributed by atoms with Crippen molar-refractivity contribution in [2.24, 2.45) is 5.92 Å². The van der Waals surface area contributed by atoms with Crippen LogP contribution in [-0.4, -0.2) is 6.54 Å². The number of thiophene rings is 1. The Kier molecular flexibility index (Phi) is 6.07. The van der Waals surface area contributed by atoms with Crippen molar-refractivity contribution in [2.45, 2.75) is 53.0 Å². The summed E-state index contributed by atoms with van der Waals surface area (Å²) in [6.45, 7) is 10.1. The molecule has 1 nitrogen and oxygen atoms in total. The Morgan fingerprint density at radius 1 is 1.25 bits per heavy atom. The van der Waals surface area contributed by atoms with E-state index in [0.29, 0.717) is 6.04 Å². The highest BCUT2D eigenvalue weighted by Gasteiger charge is 2.19. The molecular weight excluding hydrogens is 214 g/mol. The van der Waals surface area contributed by atoms with E-state index >= 15 is 0 Å². The maximum Gasteiger partial charge on any atom is 0.0440 e. The monoisotopic (exact) mass is 239 g/mol. The third kappa shape index (κ3) is 3.60. The zero-order valence-corrected chi connectivity index (χ0v) is 11.9. The first-order chi connectivity index (χ1) is 7.72. The van der Waals surface area contributed by atoms with Crippen LogP contribution in [0, 0.1) is 5.92 Å². The summed E-state index contributed by atoms with van der Waals surface area (Å²) in [6.07, 6.45) is 3.73. The van der Waals surface area contributed by atoms with Gasteiger partial charge >= 0.3 is 0 Å². The Morgan fingerprint density at radius 2 is 2.00 bits per heavy atom. The molecular formula is C14H25NS. The molecule has 0 spiro atoms. The van der Waals surface area contributed by atoms with Crippen LogP contribution in [0.25, 0.3) is 0 Å². The largest absolute Gasteiger partial charge is 0.309 e. The van der Waals surface area contributed by atoms with Crippen LogP contribution in [0.1, 0.15) is 56.3 Å². The van der Waals surface area contributed by atoms with E-state index in [4.69, 9.17) is 0 Å². The molecule has 0 bridgehead atoms. The SMILES string of the molecule is CCCC(C)C(NCC)c1ccc(CC)s1. The fourth-order valence-electron chi connectivity index (χ4n) is 2.18. The third-order valence-corrected chi connectivity index (χ3v) is 4.39. The van der Waals surface area contributed by atoms with Crippen molar-refractivity contribution in [1.82, 2.24) is 5.32 Å². The van der Waals surface area contributed by atoms with E-state index in [1.54, 1.807) is 0 Å². The number of hydrogen-bond donors (Lipinski definition) is 1. The smallest absolute Gasteiger partial charge is 0.0440 e. The number of rotatable bonds is 7. The third-order valence-electron chi connectivity index (χ3n) is 3.07. The van der Waals surface area contributed by atoms with Crippen LogP contribution in [0.5, 0.6) is 0 Å². The van der Waals surface area contributed by atoms with Gasteiger partial charge in [-0.25, -0.2) is 0 Å². The molecule has 0 aliphatic heterocycles.